The Hall–Kier alpha value is -2.01. The molecule has 3 rings (SSSR count). The van der Waals surface area contributed by atoms with Crippen LogP contribution in [0.3, 0.4) is 0 Å². The van der Waals surface area contributed by atoms with Crippen molar-refractivity contribution in [2.75, 3.05) is 12.4 Å². The number of H-pyrrole nitrogens is 1. The standard InChI is InChI=1S/C22H26BFN2S/c1-4-27-18-11-9-17(10-12-18)19-7-5-6-8-20(19)23(13-14-24)22-25-15-21(26-22)16(2)3/h5-12,15-16H,4,13-14H2,1-3H3,(H,25,26). The van der Waals surface area contributed by atoms with E-state index in [0.29, 0.717) is 12.2 Å². The van der Waals surface area contributed by atoms with Crippen LogP contribution in [0.1, 0.15) is 32.4 Å². The molecule has 0 amide bonds. The van der Waals surface area contributed by atoms with E-state index in [9.17, 15) is 4.39 Å². The fourth-order valence-corrected chi connectivity index (χ4v) is 3.99. The molecule has 5 heteroatoms. The largest absolute Gasteiger partial charge is 0.353 e. The molecule has 2 nitrogen and oxygen atoms in total. The number of benzene rings is 2. The van der Waals surface area contributed by atoms with E-state index in [1.807, 2.05) is 30.1 Å². The Morgan fingerprint density at radius 3 is 2.48 bits per heavy atom. The van der Waals surface area contributed by atoms with Gasteiger partial charge in [0.15, 0.2) is 0 Å². The molecule has 0 aliphatic carbocycles. The predicted molar refractivity (Wildman–Crippen MR) is 117 cm³/mol. The minimum atomic E-state index is -0.372. The summed E-state index contributed by atoms with van der Waals surface area (Å²) < 4.78 is 13.4. The van der Waals surface area contributed by atoms with E-state index in [-0.39, 0.29) is 13.4 Å². The first kappa shape index (κ1) is 19.7. The second kappa shape index (κ2) is 9.27. The van der Waals surface area contributed by atoms with Gasteiger partial charge < -0.3 is 4.98 Å². The third kappa shape index (κ3) is 4.64. The fourth-order valence-electron chi connectivity index (χ4n) is 3.33. The minimum absolute atomic E-state index is 0.0802. The van der Waals surface area contributed by atoms with Crippen molar-refractivity contribution in [2.45, 2.75) is 37.9 Å². The monoisotopic (exact) mass is 380 g/mol. The van der Waals surface area contributed by atoms with Crippen LogP contribution in [-0.4, -0.2) is 29.1 Å². The number of aromatic nitrogens is 2. The summed E-state index contributed by atoms with van der Waals surface area (Å²) in [7, 11) is 0. The highest BCUT2D eigenvalue weighted by molar-refractivity contribution is 7.99. The lowest BCUT2D eigenvalue weighted by atomic mass is 9.41. The zero-order valence-corrected chi connectivity index (χ0v) is 17.0. The number of alkyl halides is 1. The van der Waals surface area contributed by atoms with Gasteiger partial charge in [0.2, 0.25) is 0 Å². The number of aromatic amines is 1. The Bertz CT molecular complexity index is 861. The third-order valence-electron chi connectivity index (χ3n) is 4.78. The number of rotatable bonds is 8. The van der Waals surface area contributed by atoms with Crippen molar-refractivity contribution in [1.29, 1.82) is 0 Å². The van der Waals surface area contributed by atoms with Crippen LogP contribution in [0.2, 0.25) is 6.32 Å². The molecule has 1 heterocycles. The highest BCUT2D eigenvalue weighted by atomic mass is 32.2. The maximum absolute atomic E-state index is 13.4. The molecule has 1 aromatic heterocycles. The molecule has 0 aliphatic rings. The van der Waals surface area contributed by atoms with Gasteiger partial charge in [-0.05, 0) is 41.3 Å². The van der Waals surface area contributed by atoms with Gasteiger partial charge in [0, 0.05) is 16.8 Å². The second-order valence-corrected chi connectivity index (χ2v) is 8.29. The number of nitrogens with zero attached hydrogens (tertiary/aromatic N) is 1. The summed E-state index contributed by atoms with van der Waals surface area (Å²) in [6, 6.07) is 16.9. The van der Waals surface area contributed by atoms with Crippen LogP contribution in [0.5, 0.6) is 0 Å². The van der Waals surface area contributed by atoms with Crippen molar-refractivity contribution in [3.63, 3.8) is 0 Å². The van der Waals surface area contributed by atoms with Crippen LogP contribution in [-0.2, 0) is 0 Å². The average Bonchev–Trinajstić information content (AvgIpc) is 3.17. The van der Waals surface area contributed by atoms with E-state index in [1.165, 1.54) is 4.90 Å². The van der Waals surface area contributed by atoms with E-state index in [4.69, 9.17) is 0 Å². The summed E-state index contributed by atoms with van der Waals surface area (Å²) in [6.45, 7) is 5.96. The predicted octanol–water partition coefficient (Wildman–Crippen LogP) is 4.89. The molecule has 0 aliphatic heterocycles. The lowest BCUT2D eigenvalue weighted by Gasteiger charge is -2.16. The fraction of sp³-hybridized carbons (Fsp3) is 0.318. The molecule has 3 aromatic rings. The number of hydrogen-bond acceptors (Lipinski definition) is 2. The number of imidazole rings is 1. The van der Waals surface area contributed by atoms with Gasteiger partial charge in [-0.25, -0.2) is 0 Å². The first-order chi connectivity index (χ1) is 13.1. The topological polar surface area (TPSA) is 28.7 Å². The highest BCUT2D eigenvalue weighted by Gasteiger charge is 2.25. The molecule has 0 bridgehead atoms. The summed E-state index contributed by atoms with van der Waals surface area (Å²) in [5, 5.41) is 0. The molecule has 2 aromatic carbocycles. The Balaban J connectivity index is 2.00. The van der Waals surface area contributed by atoms with E-state index in [2.05, 4.69) is 67.1 Å². The van der Waals surface area contributed by atoms with Gasteiger partial charge in [0.1, 0.15) is 0 Å². The second-order valence-electron chi connectivity index (χ2n) is 6.95. The van der Waals surface area contributed by atoms with Crippen LogP contribution < -0.4 is 11.2 Å². The van der Waals surface area contributed by atoms with E-state index in [0.717, 1.165) is 33.8 Å². The van der Waals surface area contributed by atoms with Crippen LogP contribution in [0.4, 0.5) is 4.39 Å². The van der Waals surface area contributed by atoms with Crippen molar-refractivity contribution in [3.8, 4) is 11.1 Å². The van der Waals surface area contributed by atoms with Gasteiger partial charge in [-0.2, -0.15) is 0 Å². The smallest absolute Gasteiger partial charge is 0.258 e. The summed E-state index contributed by atoms with van der Waals surface area (Å²) in [5.41, 5.74) is 5.36. The van der Waals surface area contributed by atoms with Crippen molar-refractivity contribution in [2.24, 2.45) is 0 Å². The van der Waals surface area contributed by atoms with Crippen LogP contribution >= 0.6 is 11.8 Å². The van der Waals surface area contributed by atoms with Crippen molar-refractivity contribution >= 4 is 29.7 Å². The van der Waals surface area contributed by atoms with Gasteiger partial charge in [0.05, 0.1) is 12.4 Å². The zero-order chi connectivity index (χ0) is 19.2. The number of nitrogens with one attached hydrogen (secondary N) is 1. The Morgan fingerprint density at radius 1 is 1.11 bits per heavy atom. The Morgan fingerprint density at radius 2 is 1.85 bits per heavy atom. The van der Waals surface area contributed by atoms with Gasteiger partial charge in [0.25, 0.3) is 6.71 Å². The zero-order valence-electron chi connectivity index (χ0n) is 16.2. The minimum Gasteiger partial charge on any atom is -0.353 e. The molecule has 0 saturated heterocycles. The normalized spacial score (nSPS) is 11.1. The summed E-state index contributed by atoms with van der Waals surface area (Å²) in [5.74, 6) is 1.43. The molecule has 0 unspecified atom stereocenters. The van der Waals surface area contributed by atoms with Gasteiger partial charge in [-0.1, -0.05) is 62.6 Å². The van der Waals surface area contributed by atoms with Gasteiger partial charge >= 0.3 is 0 Å². The summed E-state index contributed by atoms with van der Waals surface area (Å²) in [4.78, 5) is 9.27. The van der Waals surface area contributed by atoms with Crippen LogP contribution in [0.25, 0.3) is 11.1 Å². The maximum atomic E-state index is 13.4. The lowest BCUT2D eigenvalue weighted by molar-refractivity contribution is 0.525. The summed E-state index contributed by atoms with van der Waals surface area (Å²) >= 11 is 1.84. The molecule has 0 fully saturated rings. The van der Waals surface area contributed by atoms with E-state index < -0.39 is 0 Å². The third-order valence-corrected chi connectivity index (χ3v) is 5.67. The quantitative estimate of drug-likeness (QED) is 0.445. The molecule has 0 saturated carbocycles. The Kier molecular flexibility index (Phi) is 6.78. The molecule has 27 heavy (non-hydrogen) atoms. The highest BCUT2D eigenvalue weighted by Crippen LogP contribution is 2.24. The summed E-state index contributed by atoms with van der Waals surface area (Å²) in [6.07, 6.45) is 2.30. The molecule has 140 valence electrons. The number of halogens is 1. The van der Waals surface area contributed by atoms with Crippen molar-refractivity contribution < 1.29 is 4.39 Å². The number of hydrogen-bond donors (Lipinski definition) is 1. The SMILES string of the molecule is CCSc1ccc(-c2ccccc2B(CCF)c2ncc(C(C)C)[nH]2)cc1. The molecule has 0 radical (unpaired) electrons. The maximum Gasteiger partial charge on any atom is 0.258 e. The van der Waals surface area contributed by atoms with E-state index in [1.54, 1.807) is 0 Å². The molecule has 0 atom stereocenters. The first-order valence-corrected chi connectivity index (χ1v) is 10.6. The average molecular weight is 380 g/mol. The molecule has 1 N–H and O–H groups in total. The van der Waals surface area contributed by atoms with E-state index >= 15 is 0 Å². The molecular formula is C22H26BFN2S. The van der Waals surface area contributed by atoms with Crippen molar-refractivity contribution in [1.82, 2.24) is 9.97 Å². The van der Waals surface area contributed by atoms with Crippen molar-refractivity contribution in [3.05, 3.63) is 60.4 Å². The number of thioether (sulfide) groups is 1. The first-order valence-electron chi connectivity index (χ1n) is 9.57. The lowest BCUT2D eigenvalue weighted by Crippen LogP contribution is -2.45. The van der Waals surface area contributed by atoms with Crippen LogP contribution in [0, 0.1) is 0 Å². The van der Waals surface area contributed by atoms with Crippen LogP contribution in [0.15, 0.2) is 59.6 Å². The van der Waals surface area contributed by atoms with Gasteiger partial charge in [-0.15, -0.1) is 11.8 Å². The molecule has 0 spiro atoms. The van der Waals surface area contributed by atoms with Gasteiger partial charge in [-0.3, -0.25) is 9.37 Å². The Labute approximate surface area is 166 Å². The molecular weight excluding hydrogens is 354 g/mol.